The lowest BCUT2D eigenvalue weighted by Crippen LogP contribution is -2.47. The summed E-state index contributed by atoms with van der Waals surface area (Å²) in [5.74, 6) is 0. The fourth-order valence-electron chi connectivity index (χ4n) is 2.69. The van der Waals surface area contributed by atoms with E-state index in [9.17, 15) is 0 Å². The van der Waals surface area contributed by atoms with Crippen molar-refractivity contribution in [1.29, 1.82) is 0 Å². The molecule has 0 aromatic heterocycles. The van der Waals surface area contributed by atoms with Crippen molar-refractivity contribution in [3.05, 3.63) is 0 Å². The van der Waals surface area contributed by atoms with Gasteiger partial charge in [-0.3, -0.25) is 4.90 Å². The predicted molar refractivity (Wildman–Crippen MR) is 89.4 cm³/mol. The summed E-state index contributed by atoms with van der Waals surface area (Å²) < 4.78 is 5.28. The first kappa shape index (κ1) is 19.9. The van der Waals surface area contributed by atoms with Gasteiger partial charge in [0, 0.05) is 38.8 Å². The van der Waals surface area contributed by atoms with Crippen LogP contribution in [0.3, 0.4) is 0 Å². The van der Waals surface area contributed by atoms with E-state index in [0.717, 1.165) is 26.2 Å². The first-order valence-corrected chi connectivity index (χ1v) is 8.34. The molecule has 20 heavy (non-hydrogen) atoms. The molecule has 0 aliphatic heterocycles. The average Bonchev–Trinajstić information content (AvgIpc) is 2.41. The molecule has 0 aromatic carbocycles. The van der Waals surface area contributed by atoms with E-state index in [0.29, 0.717) is 17.5 Å². The van der Waals surface area contributed by atoms with Crippen LogP contribution in [0, 0.1) is 5.41 Å². The van der Waals surface area contributed by atoms with Crippen LogP contribution in [-0.2, 0) is 4.74 Å². The Morgan fingerprint density at radius 2 is 1.85 bits per heavy atom. The molecule has 0 saturated heterocycles. The van der Waals surface area contributed by atoms with Gasteiger partial charge in [-0.1, -0.05) is 41.0 Å². The molecule has 0 saturated carbocycles. The van der Waals surface area contributed by atoms with Gasteiger partial charge in [0.15, 0.2) is 0 Å². The van der Waals surface area contributed by atoms with Gasteiger partial charge in [-0.2, -0.15) is 0 Å². The highest BCUT2D eigenvalue weighted by molar-refractivity contribution is 4.83. The van der Waals surface area contributed by atoms with Crippen molar-refractivity contribution in [2.45, 2.75) is 72.9 Å². The van der Waals surface area contributed by atoms with Crippen LogP contribution in [-0.4, -0.2) is 50.3 Å². The molecule has 0 aliphatic rings. The van der Waals surface area contributed by atoms with Crippen LogP contribution in [0.25, 0.3) is 0 Å². The molecule has 0 radical (unpaired) electrons. The molecule has 2 atom stereocenters. The van der Waals surface area contributed by atoms with Crippen molar-refractivity contribution in [1.82, 2.24) is 10.2 Å². The molecule has 0 heterocycles. The standard InChI is InChI=1S/C17H38N2O/c1-8-10-17(6,13-18-15(3)4)14-19(11-12-20-7)16(5)9-2/h15-16,18H,8-14H2,1-7H3. The summed E-state index contributed by atoms with van der Waals surface area (Å²) in [5.41, 5.74) is 0.343. The minimum Gasteiger partial charge on any atom is -0.383 e. The summed E-state index contributed by atoms with van der Waals surface area (Å²) in [6.07, 6.45) is 3.71. The summed E-state index contributed by atoms with van der Waals surface area (Å²) in [4.78, 5) is 2.60. The van der Waals surface area contributed by atoms with E-state index in [1.54, 1.807) is 7.11 Å². The van der Waals surface area contributed by atoms with E-state index < -0.39 is 0 Å². The number of hydrogen-bond donors (Lipinski definition) is 1. The largest absolute Gasteiger partial charge is 0.383 e. The van der Waals surface area contributed by atoms with Gasteiger partial charge in [0.1, 0.15) is 0 Å². The second-order valence-electron chi connectivity index (χ2n) is 6.82. The maximum atomic E-state index is 5.28. The normalized spacial score (nSPS) is 16.6. The number of rotatable bonds is 12. The SMILES string of the molecule is CCCC(C)(CNC(C)C)CN(CCOC)C(C)CC. The van der Waals surface area contributed by atoms with Crippen LogP contribution in [0.15, 0.2) is 0 Å². The molecular weight excluding hydrogens is 248 g/mol. The summed E-state index contributed by atoms with van der Waals surface area (Å²) in [7, 11) is 1.79. The molecule has 0 bridgehead atoms. The Labute approximate surface area is 127 Å². The maximum Gasteiger partial charge on any atom is 0.0589 e. The molecule has 2 unspecified atom stereocenters. The third kappa shape index (κ3) is 8.23. The zero-order valence-corrected chi connectivity index (χ0v) is 15.0. The van der Waals surface area contributed by atoms with Crippen LogP contribution in [0.5, 0.6) is 0 Å². The topological polar surface area (TPSA) is 24.5 Å². The summed E-state index contributed by atoms with van der Waals surface area (Å²) in [6.45, 7) is 17.9. The zero-order valence-electron chi connectivity index (χ0n) is 15.0. The lowest BCUT2D eigenvalue weighted by molar-refractivity contribution is 0.0780. The maximum absolute atomic E-state index is 5.28. The Morgan fingerprint density at radius 1 is 1.20 bits per heavy atom. The molecule has 0 fully saturated rings. The minimum atomic E-state index is 0.343. The van der Waals surface area contributed by atoms with Gasteiger partial charge < -0.3 is 10.1 Å². The van der Waals surface area contributed by atoms with Gasteiger partial charge >= 0.3 is 0 Å². The Morgan fingerprint density at radius 3 is 2.30 bits per heavy atom. The van der Waals surface area contributed by atoms with E-state index >= 15 is 0 Å². The van der Waals surface area contributed by atoms with Gasteiger partial charge in [-0.15, -0.1) is 0 Å². The Balaban J connectivity index is 4.68. The van der Waals surface area contributed by atoms with Gasteiger partial charge in [0.05, 0.1) is 6.61 Å². The molecule has 122 valence electrons. The number of nitrogens with one attached hydrogen (secondary N) is 1. The van der Waals surface area contributed by atoms with E-state index in [2.05, 4.69) is 51.8 Å². The Bertz CT molecular complexity index is 233. The fourth-order valence-corrected chi connectivity index (χ4v) is 2.69. The summed E-state index contributed by atoms with van der Waals surface area (Å²) >= 11 is 0. The molecule has 0 rings (SSSR count). The molecule has 0 amide bonds. The molecular formula is C17H38N2O. The zero-order chi connectivity index (χ0) is 15.6. The van der Waals surface area contributed by atoms with Crippen LogP contribution in [0.1, 0.15) is 60.8 Å². The molecule has 3 heteroatoms. The second kappa shape index (κ2) is 10.6. The van der Waals surface area contributed by atoms with Crippen molar-refractivity contribution in [3.63, 3.8) is 0 Å². The fraction of sp³-hybridized carbons (Fsp3) is 1.00. The van der Waals surface area contributed by atoms with Gasteiger partial charge in [-0.05, 0) is 25.2 Å². The summed E-state index contributed by atoms with van der Waals surface area (Å²) in [5, 5.41) is 3.63. The molecule has 0 aliphatic carbocycles. The lowest BCUT2D eigenvalue weighted by Gasteiger charge is -2.39. The first-order valence-electron chi connectivity index (χ1n) is 8.34. The first-order chi connectivity index (χ1) is 9.38. The van der Waals surface area contributed by atoms with Crippen molar-refractivity contribution in [2.75, 3.05) is 33.4 Å². The van der Waals surface area contributed by atoms with E-state index in [1.807, 2.05) is 0 Å². The number of nitrogens with zero attached hydrogens (tertiary/aromatic N) is 1. The average molecular weight is 287 g/mol. The van der Waals surface area contributed by atoms with E-state index in [1.165, 1.54) is 19.3 Å². The van der Waals surface area contributed by atoms with Crippen molar-refractivity contribution < 1.29 is 4.74 Å². The van der Waals surface area contributed by atoms with E-state index in [-0.39, 0.29) is 0 Å². The number of hydrogen-bond acceptors (Lipinski definition) is 3. The van der Waals surface area contributed by atoms with Gasteiger partial charge in [0.25, 0.3) is 0 Å². The van der Waals surface area contributed by atoms with Crippen LogP contribution >= 0.6 is 0 Å². The van der Waals surface area contributed by atoms with Gasteiger partial charge in [0.2, 0.25) is 0 Å². The molecule has 1 N–H and O–H groups in total. The predicted octanol–water partition coefficient (Wildman–Crippen LogP) is 3.54. The van der Waals surface area contributed by atoms with E-state index in [4.69, 9.17) is 4.74 Å². The Hall–Kier alpha value is -0.120. The van der Waals surface area contributed by atoms with Crippen molar-refractivity contribution >= 4 is 0 Å². The minimum absolute atomic E-state index is 0.343. The number of ether oxygens (including phenoxy) is 1. The second-order valence-corrected chi connectivity index (χ2v) is 6.82. The highest BCUT2D eigenvalue weighted by Gasteiger charge is 2.28. The van der Waals surface area contributed by atoms with Crippen LogP contribution < -0.4 is 5.32 Å². The van der Waals surface area contributed by atoms with Crippen molar-refractivity contribution in [2.24, 2.45) is 5.41 Å². The smallest absolute Gasteiger partial charge is 0.0589 e. The highest BCUT2D eigenvalue weighted by Crippen LogP contribution is 2.25. The van der Waals surface area contributed by atoms with Gasteiger partial charge in [-0.25, -0.2) is 0 Å². The third-order valence-electron chi connectivity index (χ3n) is 4.17. The third-order valence-corrected chi connectivity index (χ3v) is 4.17. The highest BCUT2D eigenvalue weighted by atomic mass is 16.5. The monoisotopic (exact) mass is 286 g/mol. The molecule has 0 spiro atoms. The molecule has 0 aromatic rings. The molecule has 3 nitrogen and oxygen atoms in total. The van der Waals surface area contributed by atoms with Crippen molar-refractivity contribution in [3.8, 4) is 0 Å². The van der Waals surface area contributed by atoms with Crippen LogP contribution in [0.4, 0.5) is 0 Å². The quantitative estimate of drug-likeness (QED) is 0.594. The lowest BCUT2D eigenvalue weighted by atomic mass is 9.84. The number of methoxy groups -OCH3 is 1. The summed E-state index contributed by atoms with van der Waals surface area (Å²) in [6, 6.07) is 1.18. The van der Waals surface area contributed by atoms with Crippen LogP contribution in [0.2, 0.25) is 0 Å². The Kier molecular flexibility index (Phi) is 10.5.